The smallest absolute Gasteiger partial charge is 0.240 e. The maximum absolute atomic E-state index is 13.8. The Kier molecular flexibility index (Phi) is 7.88. The number of thiophene rings is 1. The Balaban J connectivity index is 1.52. The van der Waals surface area contributed by atoms with Gasteiger partial charge in [0.2, 0.25) is 17.7 Å². The van der Waals surface area contributed by atoms with Crippen LogP contribution in [0.3, 0.4) is 0 Å². The van der Waals surface area contributed by atoms with Crippen molar-refractivity contribution in [3.63, 3.8) is 0 Å². The van der Waals surface area contributed by atoms with Crippen molar-refractivity contribution in [3.8, 4) is 5.75 Å². The van der Waals surface area contributed by atoms with E-state index in [0.717, 1.165) is 19.6 Å². The van der Waals surface area contributed by atoms with Gasteiger partial charge in [0.15, 0.2) is 0 Å². The zero-order valence-electron chi connectivity index (χ0n) is 20.7. The molecule has 0 aliphatic carbocycles. The van der Waals surface area contributed by atoms with Gasteiger partial charge in [0, 0.05) is 58.7 Å². The molecule has 3 amide bonds. The Morgan fingerprint density at radius 3 is 2.57 bits per heavy atom. The van der Waals surface area contributed by atoms with E-state index in [1.165, 1.54) is 10.5 Å². The Morgan fingerprint density at radius 1 is 1.14 bits per heavy atom. The Bertz CT molecular complexity index is 1050. The molecule has 4 rings (SSSR count). The summed E-state index contributed by atoms with van der Waals surface area (Å²) in [6.07, 6.45) is -0.0238. The van der Waals surface area contributed by atoms with E-state index in [1.807, 2.05) is 36.0 Å². The topological polar surface area (TPSA) is 73.4 Å². The average Bonchev–Trinajstić information content (AvgIpc) is 3.44. The quantitative estimate of drug-likeness (QED) is 0.493. The third-order valence-electron chi connectivity index (χ3n) is 6.97. The number of ether oxygens (including phenoxy) is 1. The Labute approximate surface area is 211 Å². The molecule has 0 unspecified atom stereocenters. The van der Waals surface area contributed by atoms with Crippen LogP contribution in [0.2, 0.25) is 0 Å². The lowest BCUT2D eigenvalue weighted by Gasteiger charge is -2.36. The molecular weight excluding hydrogens is 464 g/mol. The minimum absolute atomic E-state index is 0.00368. The first-order valence-electron chi connectivity index (χ1n) is 12.0. The highest BCUT2D eigenvalue weighted by Gasteiger charge is 2.54. The molecule has 0 bridgehead atoms. The molecule has 0 saturated carbocycles. The van der Waals surface area contributed by atoms with Crippen LogP contribution in [-0.4, -0.2) is 97.8 Å². The number of hydrogen-bond acceptors (Lipinski definition) is 7. The van der Waals surface area contributed by atoms with Crippen LogP contribution in [0.15, 0.2) is 41.1 Å². The number of imide groups is 1. The second-order valence-corrected chi connectivity index (χ2v) is 10.4. The van der Waals surface area contributed by atoms with Crippen molar-refractivity contribution < 1.29 is 19.1 Å². The summed E-state index contributed by atoms with van der Waals surface area (Å²) < 4.78 is 5.39. The van der Waals surface area contributed by atoms with Crippen LogP contribution in [0.5, 0.6) is 5.75 Å². The van der Waals surface area contributed by atoms with Crippen LogP contribution >= 0.6 is 11.3 Å². The van der Waals surface area contributed by atoms with Gasteiger partial charge in [0.1, 0.15) is 5.75 Å². The van der Waals surface area contributed by atoms with Gasteiger partial charge in [-0.15, -0.1) is 0 Å². The summed E-state index contributed by atoms with van der Waals surface area (Å²) >= 11 is 1.69. The molecule has 2 fully saturated rings. The number of carbonyl (C=O) groups is 3. The largest absolute Gasteiger partial charge is 0.497 e. The van der Waals surface area contributed by atoms with Crippen molar-refractivity contribution >= 4 is 29.1 Å². The summed E-state index contributed by atoms with van der Waals surface area (Å²) in [4.78, 5) is 47.8. The number of likely N-dealkylation sites (tertiary alicyclic amines) is 1. The van der Waals surface area contributed by atoms with Gasteiger partial charge >= 0.3 is 0 Å². The van der Waals surface area contributed by atoms with Crippen LogP contribution in [0.4, 0.5) is 0 Å². The van der Waals surface area contributed by atoms with Crippen LogP contribution in [0, 0.1) is 0 Å². The number of amides is 3. The van der Waals surface area contributed by atoms with Crippen LogP contribution in [-0.2, 0) is 26.3 Å². The van der Waals surface area contributed by atoms with Gasteiger partial charge in [-0.3, -0.25) is 24.2 Å². The molecule has 3 heterocycles. The number of likely N-dealkylation sites (N-methyl/N-ethyl adjacent to an activating group) is 1. The van der Waals surface area contributed by atoms with Gasteiger partial charge in [-0.05, 0) is 54.2 Å². The summed E-state index contributed by atoms with van der Waals surface area (Å²) in [5, 5.41) is 4.23. The molecule has 8 nitrogen and oxygen atoms in total. The highest BCUT2D eigenvalue weighted by molar-refractivity contribution is 7.07. The molecule has 1 atom stereocenters. The first kappa shape index (κ1) is 25.3. The van der Waals surface area contributed by atoms with Crippen molar-refractivity contribution in [2.24, 2.45) is 0 Å². The second kappa shape index (κ2) is 10.9. The lowest BCUT2D eigenvalue weighted by molar-refractivity contribution is -0.143. The van der Waals surface area contributed by atoms with E-state index in [1.54, 1.807) is 30.6 Å². The number of hydrogen-bond donors (Lipinski definition) is 0. The number of nitrogens with zero attached hydrogens (tertiary/aromatic N) is 4. The van der Waals surface area contributed by atoms with E-state index >= 15 is 0 Å². The summed E-state index contributed by atoms with van der Waals surface area (Å²) in [5.41, 5.74) is 0.745. The first-order chi connectivity index (χ1) is 16.8. The molecular formula is C26H34N4O4S. The summed E-state index contributed by atoms with van der Waals surface area (Å²) in [7, 11) is 5.38. The molecule has 0 N–H and O–H groups in total. The third-order valence-corrected chi connectivity index (χ3v) is 7.70. The van der Waals surface area contributed by atoms with Crippen molar-refractivity contribution in [1.29, 1.82) is 0 Å². The minimum atomic E-state index is -1.21. The fourth-order valence-corrected chi connectivity index (χ4v) is 5.54. The second-order valence-electron chi connectivity index (χ2n) is 9.61. The SMILES string of the molecule is COc1cccc([C@@]2(CC(=O)N3CCN(Cc4ccsc4)CC3)CC(=O)N(CCN(C)C)C2=O)c1. The lowest BCUT2D eigenvalue weighted by Crippen LogP contribution is -2.50. The van der Waals surface area contributed by atoms with Gasteiger partial charge in [-0.2, -0.15) is 11.3 Å². The predicted molar refractivity (Wildman–Crippen MR) is 135 cm³/mol. The molecule has 2 aromatic rings. The fourth-order valence-electron chi connectivity index (χ4n) is 4.88. The molecule has 1 aromatic carbocycles. The van der Waals surface area contributed by atoms with Gasteiger partial charge < -0.3 is 14.5 Å². The zero-order valence-corrected chi connectivity index (χ0v) is 21.6. The summed E-state index contributed by atoms with van der Waals surface area (Å²) in [6, 6.07) is 9.35. The minimum Gasteiger partial charge on any atom is -0.497 e. The van der Waals surface area contributed by atoms with Crippen molar-refractivity contribution in [3.05, 3.63) is 52.2 Å². The normalized spacial score (nSPS) is 21.3. The van der Waals surface area contributed by atoms with Crippen molar-refractivity contribution in [2.75, 3.05) is 60.5 Å². The summed E-state index contributed by atoms with van der Waals surface area (Å²) in [5.74, 6) is -0.00271. The zero-order chi connectivity index (χ0) is 25.0. The maximum Gasteiger partial charge on any atom is 0.240 e. The van der Waals surface area contributed by atoms with E-state index < -0.39 is 5.41 Å². The van der Waals surface area contributed by atoms with Crippen molar-refractivity contribution in [1.82, 2.24) is 19.6 Å². The van der Waals surface area contributed by atoms with E-state index in [9.17, 15) is 14.4 Å². The van der Waals surface area contributed by atoms with E-state index in [0.29, 0.717) is 37.5 Å². The third kappa shape index (κ3) is 5.58. The predicted octanol–water partition coefficient (Wildman–Crippen LogP) is 2.05. The Hall–Kier alpha value is -2.75. The average molecular weight is 499 g/mol. The molecule has 35 heavy (non-hydrogen) atoms. The van der Waals surface area contributed by atoms with Crippen LogP contribution in [0.25, 0.3) is 0 Å². The standard InChI is InChI=1S/C26H34N4O4S/c1-27(2)8-13-30-24(32)17-26(25(30)33,21-5-4-6-22(15-21)34-3)16-23(31)29-11-9-28(10-12-29)18-20-7-14-35-19-20/h4-7,14-15,19H,8-13,16-18H2,1-3H3/t26-/m1/s1. The monoisotopic (exact) mass is 498 g/mol. The lowest BCUT2D eigenvalue weighted by atomic mass is 9.75. The van der Waals surface area contributed by atoms with Crippen molar-refractivity contribution in [2.45, 2.75) is 24.8 Å². The van der Waals surface area contributed by atoms with Gasteiger partial charge in [0.05, 0.1) is 12.5 Å². The molecule has 188 valence electrons. The van der Waals surface area contributed by atoms with Gasteiger partial charge in [-0.1, -0.05) is 12.1 Å². The maximum atomic E-state index is 13.8. The van der Waals surface area contributed by atoms with E-state index in [4.69, 9.17) is 4.74 Å². The highest BCUT2D eigenvalue weighted by Crippen LogP contribution is 2.41. The molecule has 2 aliphatic heterocycles. The number of benzene rings is 1. The number of piperazine rings is 1. The molecule has 0 radical (unpaired) electrons. The van der Waals surface area contributed by atoms with Crippen LogP contribution < -0.4 is 4.74 Å². The summed E-state index contributed by atoms with van der Waals surface area (Å²) in [6.45, 7) is 4.57. The number of methoxy groups -OCH3 is 1. The van der Waals surface area contributed by atoms with E-state index in [2.05, 4.69) is 21.7 Å². The highest BCUT2D eigenvalue weighted by atomic mass is 32.1. The van der Waals surface area contributed by atoms with E-state index in [-0.39, 0.29) is 30.6 Å². The first-order valence-corrected chi connectivity index (χ1v) is 12.9. The van der Waals surface area contributed by atoms with Gasteiger partial charge in [0.25, 0.3) is 0 Å². The molecule has 2 saturated heterocycles. The molecule has 9 heteroatoms. The van der Waals surface area contributed by atoms with Crippen LogP contribution in [0.1, 0.15) is 24.0 Å². The molecule has 0 spiro atoms. The van der Waals surface area contributed by atoms with Gasteiger partial charge in [-0.25, -0.2) is 0 Å². The number of rotatable bonds is 9. The number of carbonyl (C=O) groups excluding carboxylic acids is 3. The molecule has 1 aromatic heterocycles. The molecule has 2 aliphatic rings. The Morgan fingerprint density at radius 2 is 1.91 bits per heavy atom. The fraction of sp³-hybridized carbons (Fsp3) is 0.500.